The van der Waals surface area contributed by atoms with Crippen LogP contribution in [0.15, 0.2) is 23.1 Å². The van der Waals surface area contributed by atoms with Crippen LogP contribution < -0.4 is 11.1 Å². The smallest absolute Gasteiger partial charge is 0.230 e. The van der Waals surface area contributed by atoms with Gasteiger partial charge >= 0.3 is 0 Å². The first-order chi connectivity index (χ1) is 8.56. The van der Waals surface area contributed by atoms with E-state index in [1.54, 1.807) is 6.07 Å². The van der Waals surface area contributed by atoms with Gasteiger partial charge in [-0.1, -0.05) is 13.8 Å². The topological polar surface area (TPSA) is 55.1 Å². The average molecular weight is 270 g/mol. The van der Waals surface area contributed by atoms with Gasteiger partial charge in [0.1, 0.15) is 5.82 Å². The molecule has 0 atom stereocenters. The normalized spacial score (nSPS) is 10.7. The van der Waals surface area contributed by atoms with Crippen molar-refractivity contribution in [3.05, 3.63) is 24.0 Å². The van der Waals surface area contributed by atoms with Crippen molar-refractivity contribution in [1.29, 1.82) is 0 Å². The van der Waals surface area contributed by atoms with Gasteiger partial charge < -0.3 is 11.1 Å². The molecule has 0 aliphatic rings. The molecule has 0 aromatic heterocycles. The third-order valence-corrected chi connectivity index (χ3v) is 3.69. The quantitative estimate of drug-likeness (QED) is 0.617. The maximum Gasteiger partial charge on any atom is 0.230 e. The summed E-state index contributed by atoms with van der Waals surface area (Å²) in [7, 11) is 0. The van der Waals surface area contributed by atoms with E-state index in [-0.39, 0.29) is 17.6 Å². The van der Waals surface area contributed by atoms with E-state index in [2.05, 4.69) is 5.32 Å². The molecule has 1 aromatic rings. The van der Waals surface area contributed by atoms with Gasteiger partial charge in [-0.25, -0.2) is 4.39 Å². The van der Waals surface area contributed by atoms with Crippen LogP contribution in [0.1, 0.15) is 26.7 Å². The fourth-order valence-electron chi connectivity index (χ4n) is 1.51. The summed E-state index contributed by atoms with van der Waals surface area (Å²) in [5, 5.41) is 2.93. The van der Waals surface area contributed by atoms with E-state index in [1.807, 2.05) is 13.8 Å². The second-order valence-electron chi connectivity index (χ2n) is 4.05. The molecular formula is C13H19FN2OS. The van der Waals surface area contributed by atoms with Crippen molar-refractivity contribution in [3.63, 3.8) is 0 Å². The Labute approximate surface area is 111 Å². The Balaban J connectivity index is 2.44. The van der Waals surface area contributed by atoms with E-state index in [1.165, 1.54) is 23.9 Å². The molecule has 100 valence electrons. The second kappa shape index (κ2) is 7.26. The summed E-state index contributed by atoms with van der Waals surface area (Å²) in [5.41, 5.74) is 5.51. The van der Waals surface area contributed by atoms with Crippen LogP contribution in [-0.2, 0) is 4.79 Å². The predicted octanol–water partition coefficient (Wildman–Crippen LogP) is 2.80. The molecule has 0 saturated carbocycles. The second-order valence-corrected chi connectivity index (χ2v) is 5.10. The zero-order valence-corrected chi connectivity index (χ0v) is 11.5. The number of amides is 1. The SMILES string of the molecule is CCC(CC)NC(=O)CSc1ccc(N)c(F)c1. The summed E-state index contributed by atoms with van der Waals surface area (Å²) in [6.07, 6.45) is 1.84. The monoisotopic (exact) mass is 270 g/mol. The standard InChI is InChI=1S/C13H19FN2OS/c1-3-9(4-2)16-13(17)8-18-10-5-6-12(15)11(14)7-10/h5-7,9H,3-4,8,15H2,1-2H3,(H,16,17). The Kier molecular flexibility index (Phi) is 5.98. The Morgan fingerprint density at radius 3 is 2.67 bits per heavy atom. The van der Waals surface area contributed by atoms with Crippen LogP contribution in [0.25, 0.3) is 0 Å². The van der Waals surface area contributed by atoms with Gasteiger partial charge in [0.25, 0.3) is 0 Å². The van der Waals surface area contributed by atoms with E-state index >= 15 is 0 Å². The lowest BCUT2D eigenvalue weighted by Crippen LogP contribution is -2.34. The molecule has 3 nitrogen and oxygen atoms in total. The average Bonchev–Trinajstić information content (AvgIpc) is 2.37. The van der Waals surface area contributed by atoms with Crippen LogP contribution in [0, 0.1) is 5.82 Å². The van der Waals surface area contributed by atoms with Gasteiger partial charge in [0, 0.05) is 10.9 Å². The summed E-state index contributed by atoms with van der Waals surface area (Å²) >= 11 is 1.31. The number of carbonyl (C=O) groups is 1. The minimum atomic E-state index is -0.444. The lowest BCUT2D eigenvalue weighted by molar-refractivity contribution is -0.119. The van der Waals surface area contributed by atoms with Crippen molar-refractivity contribution in [1.82, 2.24) is 5.32 Å². The molecule has 0 bridgehead atoms. The van der Waals surface area contributed by atoms with E-state index in [9.17, 15) is 9.18 Å². The number of nitrogens with two attached hydrogens (primary N) is 1. The number of nitrogens with one attached hydrogen (secondary N) is 1. The zero-order valence-electron chi connectivity index (χ0n) is 10.7. The fourth-order valence-corrected chi connectivity index (χ4v) is 2.24. The van der Waals surface area contributed by atoms with Crippen molar-refractivity contribution < 1.29 is 9.18 Å². The van der Waals surface area contributed by atoms with Gasteiger partial charge in [0.2, 0.25) is 5.91 Å². The number of halogens is 1. The summed E-state index contributed by atoms with van der Waals surface area (Å²) in [6, 6.07) is 4.80. The molecule has 5 heteroatoms. The molecule has 18 heavy (non-hydrogen) atoms. The number of hydrogen-bond donors (Lipinski definition) is 2. The summed E-state index contributed by atoms with van der Waals surface area (Å²) in [6.45, 7) is 4.08. The molecule has 1 aromatic carbocycles. The summed E-state index contributed by atoms with van der Waals surface area (Å²) in [5.74, 6) is -0.175. The van der Waals surface area contributed by atoms with Gasteiger partial charge in [0.15, 0.2) is 0 Å². The zero-order chi connectivity index (χ0) is 13.5. The van der Waals surface area contributed by atoms with Crippen molar-refractivity contribution >= 4 is 23.4 Å². The third kappa shape index (κ3) is 4.56. The van der Waals surface area contributed by atoms with Gasteiger partial charge in [-0.15, -0.1) is 11.8 Å². The summed E-state index contributed by atoms with van der Waals surface area (Å²) < 4.78 is 13.2. The first kappa shape index (κ1) is 14.8. The molecule has 1 rings (SSSR count). The number of thioether (sulfide) groups is 1. The summed E-state index contributed by atoms with van der Waals surface area (Å²) in [4.78, 5) is 12.4. The molecule has 0 aliphatic heterocycles. The number of anilines is 1. The number of rotatable bonds is 6. The van der Waals surface area contributed by atoms with Crippen molar-refractivity contribution in [2.75, 3.05) is 11.5 Å². The highest BCUT2D eigenvalue weighted by Gasteiger charge is 2.09. The molecule has 3 N–H and O–H groups in total. The maximum absolute atomic E-state index is 13.2. The first-order valence-corrected chi connectivity index (χ1v) is 7.02. The van der Waals surface area contributed by atoms with Crippen molar-refractivity contribution in [2.45, 2.75) is 37.6 Å². The van der Waals surface area contributed by atoms with Gasteiger partial charge in [0.05, 0.1) is 11.4 Å². The van der Waals surface area contributed by atoms with E-state index < -0.39 is 5.82 Å². The highest BCUT2D eigenvalue weighted by molar-refractivity contribution is 8.00. The van der Waals surface area contributed by atoms with Crippen LogP contribution in [0.3, 0.4) is 0 Å². The Morgan fingerprint density at radius 2 is 2.11 bits per heavy atom. The number of hydrogen-bond acceptors (Lipinski definition) is 3. The first-order valence-electron chi connectivity index (χ1n) is 6.04. The van der Waals surface area contributed by atoms with E-state index in [0.29, 0.717) is 10.6 Å². The number of benzene rings is 1. The molecule has 0 radical (unpaired) electrons. The van der Waals surface area contributed by atoms with Gasteiger partial charge in [-0.05, 0) is 31.0 Å². The molecule has 0 heterocycles. The lowest BCUT2D eigenvalue weighted by Gasteiger charge is -2.14. The molecule has 0 fully saturated rings. The van der Waals surface area contributed by atoms with Gasteiger partial charge in [-0.2, -0.15) is 0 Å². The highest BCUT2D eigenvalue weighted by atomic mass is 32.2. The predicted molar refractivity (Wildman–Crippen MR) is 74.0 cm³/mol. The van der Waals surface area contributed by atoms with Crippen LogP contribution in [-0.4, -0.2) is 17.7 Å². The Morgan fingerprint density at radius 1 is 1.44 bits per heavy atom. The molecular weight excluding hydrogens is 251 g/mol. The third-order valence-electron chi connectivity index (χ3n) is 2.69. The molecule has 0 aliphatic carbocycles. The minimum absolute atomic E-state index is 0.0223. The molecule has 0 spiro atoms. The minimum Gasteiger partial charge on any atom is -0.396 e. The van der Waals surface area contributed by atoms with Crippen LogP contribution in [0.2, 0.25) is 0 Å². The largest absolute Gasteiger partial charge is 0.396 e. The Bertz CT molecular complexity index is 408. The van der Waals surface area contributed by atoms with Crippen LogP contribution in [0.5, 0.6) is 0 Å². The lowest BCUT2D eigenvalue weighted by atomic mass is 10.2. The molecule has 1 amide bonds. The van der Waals surface area contributed by atoms with E-state index in [4.69, 9.17) is 5.73 Å². The number of nitrogen functional groups attached to an aromatic ring is 1. The Hall–Kier alpha value is -1.23. The van der Waals surface area contributed by atoms with Crippen molar-refractivity contribution in [2.24, 2.45) is 0 Å². The van der Waals surface area contributed by atoms with Gasteiger partial charge in [-0.3, -0.25) is 4.79 Å². The molecule has 0 unspecified atom stereocenters. The van der Waals surface area contributed by atoms with Crippen LogP contribution >= 0.6 is 11.8 Å². The fraction of sp³-hybridized carbons (Fsp3) is 0.462. The maximum atomic E-state index is 13.2. The number of carbonyl (C=O) groups excluding carboxylic acids is 1. The molecule has 0 saturated heterocycles. The van der Waals surface area contributed by atoms with E-state index in [0.717, 1.165) is 12.8 Å². The highest BCUT2D eigenvalue weighted by Crippen LogP contribution is 2.21. The van der Waals surface area contributed by atoms with Crippen LogP contribution in [0.4, 0.5) is 10.1 Å². The van der Waals surface area contributed by atoms with Crippen molar-refractivity contribution in [3.8, 4) is 0 Å².